The third-order valence-electron chi connectivity index (χ3n) is 3.57. The maximum atomic E-state index is 13.3. The molecule has 0 atom stereocenters. The number of aryl methyl sites for hydroxylation is 3. The monoisotopic (exact) mass is 257 g/mol. The molecule has 0 radical (unpaired) electrons. The summed E-state index contributed by atoms with van der Waals surface area (Å²) in [6.45, 7) is 2.06. The molecule has 19 heavy (non-hydrogen) atoms. The van der Waals surface area contributed by atoms with Gasteiger partial charge in [0.15, 0.2) is 0 Å². The molecule has 1 N–H and O–H groups in total. The molecule has 1 aromatic heterocycles. The quantitative estimate of drug-likeness (QED) is 0.898. The van der Waals surface area contributed by atoms with E-state index in [9.17, 15) is 4.39 Å². The molecule has 0 saturated heterocycles. The van der Waals surface area contributed by atoms with Crippen LogP contribution >= 0.6 is 0 Å². The van der Waals surface area contributed by atoms with Crippen LogP contribution in [0.15, 0.2) is 18.2 Å². The van der Waals surface area contributed by atoms with Gasteiger partial charge in [-0.15, -0.1) is 0 Å². The van der Waals surface area contributed by atoms with E-state index in [0.29, 0.717) is 0 Å². The zero-order valence-electron chi connectivity index (χ0n) is 11.1. The van der Waals surface area contributed by atoms with Crippen LogP contribution in [-0.4, -0.2) is 17.0 Å². The molecule has 98 valence electrons. The first-order chi connectivity index (χ1) is 9.22. The van der Waals surface area contributed by atoms with Crippen LogP contribution in [0.4, 0.5) is 10.2 Å². The molecule has 0 amide bonds. The molecule has 4 heteroatoms. The lowest BCUT2D eigenvalue weighted by molar-refractivity contribution is 0.624. The van der Waals surface area contributed by atoms with Crippen LogP contribution in [0.25, 0.3) is 11.3 Å². The molecule has 2 aromatic rings. The van der Waals surface area contributed by atoms with Crippen molar-refractivity contribution < 1.29 is 4.39 Å². The van der Waals surface area contributed by atoms with Gasteiger partial charge in [0.2, 0.25) is 0 Å². The van der Waals surface area contributed by atoms with Gasteiger partial charge >= 0.3 is 0 Å². The Morgan fingerprint density at radius 2 is 2.11 bits per heavy atom. The van der Waals surface area contributed by atoms with E-state index in [1.165, 1.54) is 6.07 Å². The minimum absolute atomic E-state index is 0.183. The van der Waals surface area contributed by atoms with Crippen molar-refractivity contribution in [1.82, 2.24) is 9.97 Å². The maximum absolute atomic E-state index is 13.3. The fourth-order valence-corrected chi connectivity index (χ4v) is 2.59. The number of nitrogens with zero attached hydrogens (tertiary/aromatic N) is 2. The number of benzene rings is 1. The van der Waals surface area contributed by atoms with Gasteiger partial charge in [0.05, 0.1) is 17.1 Å². The average Bonchev–Trinajstić information content (AvgIpc) is 2.45. The number of hydrogen-bond acceptors (Lipinski definition) is 3. The molecule has 3 nitrogen and oxygen atoms in total. The van der Waals surface area contributed by atoms with Crippen LogP contribution in [0.1, 0.15) is 23.9 Å². The Morgan fingerprint density at radius 3 is 2.84 bits per heavy atom. The van der Waals surface area contributed by atoms with Gasteiger partial charge in [0, 0.05) is 12.6 Å². The highest BCUT2D eigenvalue weighted by Gasteiger charge is 2.21. The smallest absolute Gasteiger partial charge is 0.147 e. The first-order valence-corrected chi connectivity index (χ1v) is 6.59. The highest BCUT2D eigenvalue weighted by atomic mass is 19.1. The van der Waals surface area contributed by atoms with Crippen molar-refractivity contribution in [3.63, 3.8) is 0 Å². The SMILES string of the molecule is CCc1nc2c(nc1NC)CCc1cc(F)ccc1-2. The van der Waals surface area contributed by atoms with Crippen LogP contribution in [0.5, 0.6) is 0 Å². The Bertz CT molecular complexity index is 638. The molecular weight excluding hydrogens is 241 g/mol. The summed E-state index contributed by atoms with van der Waals surface area (Å²) >= 11 is 0. The van der Waals surface area contributed by atoms with Gasteiger partial charge < -0.3 is 5.32 Å². The predicted octanol–water partition coefficient (Wildman–Crippen LogP) is 2.99. The molecule has 0 spiro atoms. The van der Waals surface area contributed by atoms with E-state index in [1.807, 2.05) is 13.1 Å². The molecule has 0 fully saturated rings. The third kappa shape index (κ3) is 1.97. The van der Waals surface area contributed by atoms with Crippen molar-refractivity contribution in [2.24, 2.45) is 0 Å². The molecular formula is C15H16FN3. The van der Waals surface area contributed by atoms with Gasteiger partial charge in [-0.3, -0.25) is 0 Å². The number of halogens is 1. The second kappa shape index (κ2) is 4.61. The van der Waals surface area contributed by atoms with Crippen molar-refractivity contribution in [3.05, 3.63) is 41.0 Å². The zero-order chi connectivity index (χ0) is 13.4. The first-order valence-electron chi connectivity index (χ1n) is 6.59. The highest BCUT2D eigenvalue weighted by molar-refractivity contribution is 5.69. The lowest BCUT2D eigenvalue weighted by atomic mass is 9.91. The van der Waals surface area contributed by atoms with Gasteiger partial charge in [0.25, 0.3) is 0 Å². The van der Waals surface area contributed by atoms with Crippen molar-refractivity contribution in [1.29, 1.82) is 0 Å². The van der Waals surface area contributed by atoms with Crippen LogP contribution in [0, 0.1) is 5.82 Å². The second-order valence-corrected chi connectivity index (χ2v) is 4.72. The number of rotatable bonds is 2. The fraction of sp³-hybridized carbons (Fsp3) is 0.333. The average molecular weight is 257 g/mol. The normalized spacial score (nSPS) is 12.8. The molecule has 1 aromatic carbocycles. The Hall–Kier alpha value is -1.97. The molecule has 1 heterocycles. The summed E-state index contributed by atoms with van der Waals surface area (Å²) in [4.78, 5) is 9.38. The molecule has 0 aliphatic heterocycles. The summed E-state index contributed by atoms with van der Waals surface area (Å²) in [5.41, 5.74) is 4.92. The molecule has 1 aliphatic rings. The van der Waals surface area contributed by atoms with Crippen molar-refractivity contribution in [2.45, 2.75) is 26.2 Å². The standard InChI is InChI=1S/C15H16FN3/c1-3-12-15(17-2)19-13-7-4-9-8-10(16)5-6-11(9)14(13)18-12/h5-6,8H,3-4,7H2,1-2H3,(H,17,19). The molecule has 0 saturated carbocycles. The molecule has 0 bridgehead atoms. The van der Waals surface area contributed by atoms with Gasteiger partial charge in [0.1, 0.15) is 11.6 Å². The highest BCUT2D eigenvalue weighted by Crippen LogP contribution is 2.33. The van der Waals surface area contributed by atoms with Crippen molar-refractivity contribution in [3.8, 4) is 11.3 Å². The van der Waals surface area contributed by atoms with Gasteiger partial charge in [-0.1, -0.05) is 6.92 Å². The van der Waals surface area contributed by atoms with Crippen molar-refractivity contribution in [2.75, 3.05) is 12.4 Å². The van der Waals surface area contributed by atoms with Gasteiger partial charge in [-0.25, -0.2) is 14.4 Å². The van der Waals surface area contributed by atoms with E-state index >= 15 is 0 Å². The molecule has 0 unspecified atom stereocenters. The number of nitrogens with one attached hydrogen (secondary N) is 1. The second-order valence-electron chi connectivity index (χ2n) is 4.72. The minimum atomic E-state index is -0.183. The van der Waals surface area contributed by atoms with E-state index in [-0.39, 0.29) is 5.82 Å². The third-order valence-corrected chi connectivity index (χ3v) is 3.57. The van der Waals surface area contributed by atoms with Crippen LogP contribution < -0.4 is 5.32 Å². The Morgan fingerprint density at radius 1 is 1.26 bits per heavy atom. The largest absolute Gasteiger partial charge is 0.372 e. The van der Waals surface area contributed by atoms with Crippen LogP contribution in [0.2, 0.25) is 0 Å². The summed E-state index contributed by atoms with van der Waals surface area (Å²) in [6.07, 6.45) is 2.47. The summed E-state index contributed by atoms with van der Waals surface area (Å²) < 4.78 is 13.3. The van der Waals surface area contributed by atoms with E-state index in [1.54, 1.807) is 6.07 Å². The summed E-state index contributed by atoms with van der Waals surface area (Å²) in [5, 5.41) is 3.10. The lowest BCUT2D eigenvalue weighted by Gasteiger charge is -2.20. The lowest BCUT2D eigenvalue weighted by Crippen LogP contribution is -2.12. The predicted molar refractivity (Wildman–Crippen MR) is 73.8 cm³/mol. The van der Waals surface area contributed by atoms with E-state index in [4.69, 9.17) is 4.98 Å². The maximum Gasteiger partial charge on any atom is 0.147 e. The Kier molecular flexibility index (Phi) is 2.93. The fourth-order valence-electron chi connectivity index (χ4n) is 2.59. The summed E-state index contributed by atoms with van der Waals surface area (Å²) in [5.74, 6) is 0.671. The van der Waals surface area contributed by atoms with E-state index in [2.05, 4.69) is 17.2 Å². The molecule has 3 rings (SSSR count). The van der Waals surface area contributed by atoms with Gasteiger partial charge in [-0.2, -0.15) is 0 Å². The number of aromatic nitrogens is 2. The van der Waals surface area contributed by atoms with Crippen LogP contribution in [0.3, 0.4) is 0 Å². The van der Waals surface area contributed by atoms with Crippen molar-refractivity contribution >= 4 is 5.82 Å². The van der Waals surface area contributed by atoms with Gasteiger partial charge in [-0.05, 0) is 43.0 Å². The van der Waals surface area contributed by atoms with Crippen LogP contribution in [-0.2, 0) is 19.3 Å². The summed E-state index contributed by atoms with van der Waals surface area (Å²) in [6, 6.07) is 4.92. The Balaban J connectivity index is 2.20. The minimum Gasteiger partial charge on any atom is -0.372 e. The Labute approximate surface area is 111 Å². The van der Waals surface area contributed by atoms with E-state index < -0.39 is 0 Å². The first kappa shape index (κ1) is 12.1. The number of fused-ring (bicyclic) bond motifs is 3. The number of hydrogen-bond donors (Lipinski definition) is 1. The topological polar surface area (TPSA) is 37.8 Å². The zero-order valence-corrected chi connectivity index (χ0v) is 11.1. The number of anilines is 1. The summed E-state index contributed by atoms with van der Waals surface area (Å²) in [7, 11) is 1.86. The molecule has 1 aliphatic carbocycles. The van der Waals surface area contributed by atoms with E-state index in [0.717, 1.165) is 53.3 Å².